The van der Waals surface area contributed by atoms with E-state index < -0.39 is 11.6 Å². The second-order valence-corrected chi connectivity index (χ2v) is 7.80. The van der Waals surface area contributed by atoms with Gasteiger partial charge in [-0.2, -0.15) is 0 Å². The molecule has 146 valence electrons. The van der Waals surface area contributed by atoms with Gasteiger partial charge in [-0.25, -0.2) is 4.79 Å². The number of benzene rings is 3. The predicted molar refractivity (Wildman–Crippen MR) is 113 cm³/mol. The van der Waals surface area contributed by atoms with Gasteiger partial charge in [0.25, 0.3) is 0 Å². The maximum Gasteiger partial charge on any atom is 0.349 e. The van der Waals surface area contributed by atoms with E-state index >= 15 is 0 Å². The van der Waals surface area contributed by atoms with Crippen molar-refractivity contribution in [2.24, 2.45) is 0 Å². The molecule has 0 radical (unpaired) electrons. The number of carbonyl (C=O) groups excluding carboxylic acids is 1. The highest BCUT2D eigenvalue weighted by Gasteiger charge is 2.44. The maximum absolute atomic E-state index is 12.9. The molecule has 1 N–H and O–H groups in total. The molecule has 0 saturated heterocycles. The number of cyclic esters (lactones) is 1. The average molecular weight is 404 g/mol. The molecule has 5 heteroatoms. The molecule has 3 aromatic rings. The van der Waals surface area contributed by atoms with E-state index in [1.165, 1.54) is 11.8 Å². The third-order valence-electron chi connectivity index (χ3n) is 4.67. The lowest BCUT2D eigenvalue weighted by molar-refractivity contribution is -0.163. The molecule has 0 fully saturated rings. The Morgan fingerprint density at radius 3 is 2.10 bits per heavy atom. The van der Waals surface area contributed by atoms with E-state index in [2.05, 4.69) is 0 Å². The molecule has 4 nitrogen and oxygen atoms in total. The van der Waals surface area contributed by atoms with Gasteiger partial charge < -0.3 is 14.6 Å². The zero-order valence-corrected chi connectivity index (χ0v) is 16.5. The van der Waals surface area contributed by atoms with Gasteiger partial charge >= 0.3 is 5.97 Å². The number of carbonyl (C=O) groups is 1. The molecule has 0 bridgehead atoms. The van der Waals surface area contributed by atoms with Gasteiger partial charge in [0.1, 0.15) is 23.0 Å². The highest BCUT2D eigenvalue weighted by molar-refractivity contribution is 8.04. The van der Waals surface area contributed by atoms with E-state index in [0.29, 0.717) is 5.75 Å². The van der Waals surface area contributed by atoms with Gasteiger partial charge in [-0.3, -0.25) is 0 Å². The van der Waals surface area contributed by atoms with E-state index in [0.717, 1.165) is 10.5 Å². The van der Waals surface area contributed by atoms with Crippen LogP contribution in [0.25, 0.3) is 0 Å². The van der Waals surface area contributed by atoms with Crippen molar-refractivity contribution in [2.75, 3.05) is 6.61 Å². The van der Waals surface area contributed by atoms with Crippen LogP contribution in [0.4, 0.5) is 0 Å². The molecule has 0 aromatic heterocycles. The van der Waals surface area contributed by atoms with Gasteiger partial charge in [0.15, 0.2) is 5.60 Å². The van der Waals surface area contributed by atoms with Crippen molar-refractivity contribution in [1.29, 1.82) is 0 Å². The summed E-state index contributed by atoms with van der Waals surface area (Å²) in [7, 11) is 0. The molecule has 1 heterocycles. The first-order valence-electron chi connectivity index (χ1n) is 9.28. The van der Waals surface area contributed by atoms with E-state index in [4.69, 9.17) is 9.47 Å². The molecule has 0 spiro atoms. The summed E-state index contributed by atoms with van der Waals surface area (Å²) in [6, 6.07) is 28.2. The van der Waals surface area contributed by atoms with Crippen LogP contribution in [0.1, 0.15) is 12.0 Å². The normalized spacial score (nSPS) is 19.0. The van der Waals surface area contributed by atoms with Crippen LogP contribution in [0.15, 0.2) is 107 Å². The molecule has 0 saturated carbocycles. The molecular formula is C24H20O4S. The van der Waals surface area contributed by atoms with Crippen molar-refractivity contribution in [1.82, 2.24) is 0 Å². The van der Waals surface area contributed by atoms with Crippen molar-refractivity contribution < 1.29 is 19.4 Å². The minimum absolute atomic E-state index is 0.00983. The van der Waals surface area contributed by atoms with E-state index in [9.17, 15) is 9.90 Å². The summed E-state index contributed by atoms with van der Waals surface area (Å²) in [6.45, 7) is 0.0973. The van der Waals surface area contributed by atoms with Crippen molar-refractivity contribution in [3.05, 3.63) is 107 Å². The Labute approximate surface area is 173 Å². The number of thioether (sulfide) groups is 1. The molecule has 1 atom stereocenters. The van der Waals surface area contributed by atoms with Gasteiger partial charge in [0.2, 0.25) is 0 Å². The molecule has 29 heavy (non-hydrogen) atoms. The minimum atomic E-state index is -1.10. The number of rotatable bonds is 6. The maximum atomic E-state index is 12.9. The largest absolute Gasteiger partial charge is 0.511 e. The van der Waals surface area contributed by atoms with Crippen LogP contribution in [-0.4, -0.2) is 17.7 Å². The Hall–Kier alpha value is -3.18. The predicted octanol–water partition coefficient (Wildman–Crippen LogP) is 5.47. The topological polar surface area (TPSA) is 55.8 Å². The Balaban J connectivity index is 1.64. The molecule has 3 aromatic carbocycles. The second-order valence-electron chi connectivity index (χ2n) is 6.72. The number of hydrogen-bond acceptors (Lipinski definition) is 5. The zero-order valence-electron chi connectivity index (χ0n) is 15.7. The number of hydrogen-bond donors (Lipinski definition) is 1. The Kier molecular flexibility index (Phi) is 5.58. The zero-order chi connectivity index (χ0) is 20.1. The molecule has 0 amide bonds. The Morgan fingerprint density at radius 2 is 1.48 bits per heavy atom. The fraction of sp³-hybridized carbons (Fsp3) is 0.125. The summed E-state index contributed by atoms with van der Waals surface area (Å²) in [5.41, 5.74) is -0.321. The summed E-state index contributed by atoms with van der Waals surface area (Å²) < 4.78 is 11.9. The van der Waals surface area contributed by atoms with Gasteiger partial charge in [-0.15, -0.1) is 0 Å². The van der Waals surface area contributed by atoms with E-state index in [1.807, 2.05) is 91.0 Å². The van der Waals surface area contributed by atoms with Crippen LogP contribution in [0.5, 0.6) is 5.75 Å². The van der Waals surface area contributed by atoms with Crippen LogP contribution >= 0.6 is 11.8 Å². The average Bonchev–Trinajstić information content (AvgIpc) is 2.77. The van der Waals surface area contributed by atoms with Crippen LogP contribution < -0.4 is 4.74 Å². The fourth-order valence-corrected chi connectivity index (χ4v) is 4.06. The van der Waals surface area contributed by atoms with Crippen molar-refractivity contribution in [3.8, 4) is 5.75 Å². The quantitative estimate of drug-likeness (QED) is 0.552. The van der Waals surface area contributed by atoms with Crippen molar-refractivity contribution >= 4 is 17.7 Å². The number of aliphatic hydroxyl groups is 1. The number of esters is 1. The smallest absolute Gasteiger partial charge is 0.349 e. The van der Waals surface area contributed by atoms with Gasteiger partial charge in [-0.1, -0.05) is 78.5 Å². The lowest BCUT2D eigenvalue weighted by Gasteiger charge is -2.37. The van der Waals surface area contributed by atoms with Gasteiger partial charge in [-0.05, 0) is 29.8 Å². The van der Waals surface area contributed by atoms with Crippen LogP contribution in [-0.2, 0) is 15.1 Å². The summed E-state index contributed by atoms with van der Waals surface area (Å²) in [6.07, 6.45) is 0.144. The molecular weight excluding hydrogens is 384 g/mol. The SMILES string of the molecule is O=C1OC(COc2ccccc2)(c2ccccc2)CC(O)=C1Sc1ccccc1. The second kappa shape index (κ2) is 8.45. The Morgan fingerprint density at radius 1 is 0.897 bits per heavy atom. The van der Waals surface area contributed by atoms with E-state index in [-0.39, 0.29) is 23.7 Å². The standard InChI is InChI=1S/C24H20O4S/c25-21-16-24(18-10-4-1-5-11-18,17-27-19-12-6-2-7-13-19)28-23(26)22(21)29-20-14-8-3-9-15-20/h1-15,25H,16-17H2. The lowest BCUT2D eigenvalue weighted by atomic mass is 9.88. The van der Waals surface area contributed by atoms with Crippen molar-refractivity contribution in [2.45, 2.75) is 16.9 Å². The first-order chi connectivity index (χ1) is 14.2. The Bertz CT molecular complexity index is 1000. The van der Waals surface area contributed by atoms with E-state index in [1.54, 1.807) is 0 Å². The van der Waals surface area contributed by atoms with Gasteiger partial charge in [0, 0.05) is 4.90 Å². The summed E-state index contributed by atoms with van der Waals surface area (Å²) >= 11 is 1.21. The van der Waals surface area contributed by atoms with Crippen LogP contribution in [0.2, 0.25) is 0 Å². The molecule has 0 aliphatic carbocycles. The molecule has 1 aliphatic rings. The molecule has 4 rings (SSSR count). The first-order valence-corrected chi connectivity index (χ1v) is 10.1. The lowest BCUT2D eigenvalue weighted by Crippen LogP contribution is -2.42. The first kappa shape index (κ1) is 19.2. The monoisotopic (exact) mass is 404 g/mol. The molecule has 1 aliphatic heterocycles. The third-order valence-corrected chi connectivity index (χ3v) is 5.78. The number of aliphatic hydroxyl groups excluding tert-OH is 1. The summed E-state index contributed by atoms with van der Waals surface area (Å²) in [5.74, 6) is 0.130. The highest BCUT2D eigenvalue weighted by atomic mass is 32.2. The number of ether oxygens (including phenoxy) is 2. The summed E-state index contributed by atoms with van der Waals surface area (Å²) in [5, 5.41) is 10.8. The summed E-state index contributed by atoms with van der Waals surface area (Å²) in [4.78, 5) is 14.0. The molecule has 1 unspecified atom stereocenters. The van der Waals surface area contributed by atoms with Gasteiger partial charge in [0.05, 0.1) is 6.42 Å². The van der Waals surface area contributed by atoms with Crippen molar-refractivity contribution in [3.63, 3.8) is 0 Å². The van der Waals surface area contributed by atoms with Crippen LogP contribution in [0.3, 0.4) is 0 Å². The number of para-hydroxylation sites is 1. The van der Waals surface area contributed by atoms with Crippen LogP contribution in [0, 0.1) is 0 Å². The highest BCUT2D eigenvalue weighted by Crippen LogP contribution is 2.42. The fourth-order valence-electron chi connectivity index (χ4n) is 3.22. The third kappa shape index (κ3) is 4.30. The minimum Gasteiger partial charge on any atom is -0.511 e.